The van der Waals surface area contributed by atoms with Gasteiger partial charge in [0, 0.05) is 38.4 Å². The lowest BCUT2D eigenvalue weighted by atomic mass is 10.1. The van der Waals surface area contributed by atoms with Crippen LogP contribution in [0.5, 0.6) is 5.75 Å². The van der Waals surface area contributed by atoms with Crippen molar-refractivity contribution in [3.8, 4) is 5.75 Å². The minimum absolute atomic E-state index is 0.208. The lowest BCUT2D eigenvalue weighted by Gasteiger charge is -2.36. The van der Waals surface area contributed by atoms with Gasteiger partial charge in [-0.1, -0.05) is 12.1 Å². The number of nitrogens with two attached hydrogens (primary N) is 1. The highest BCUT2D eigenvalue weighted by atomic mass is 19.1. The molecule has 0 saturated carbocycles. The van der Waals surface area contributed by atoms with E-state index in [1.807, 2.05) is 36.4 Å². The highest BCUT2D eigenvalue weighted by Gasteiger charge is 2.18. The predicted molar refractivity (Wildman–Crippen MR) is 103 cm³/mol. The minimum Gasteiger partial charge on any atom is -0.497 e. The summed E-state index contributed by atoms with van der Waals surface area (Å²) in [5, 5.41) is 0. The van der Waals surface area contributed by atoms with E-state index in [2.05, 4.69) is 14.8 Å². The third-order valence-corrected chi connectivity index (χ3v) is 4.63. The van der Waals surface area contributed by atoms with Crippen molar-refractivity contribution in [3.05, 3.63) is 59.9 Å². The molecule has 1 fully saturated rings. The molecule has 1 aliphatic heterocycles. The molecule has 3 rings (SSSR count). The Balaban J connectivity index is 1.47. The normalized spacial score (nSPS) is 15.2. The topological polar surface area (TPSA) is 54.1 Å². The maximum Gasteiger partial charge on any atom is 0.191 e. The fourth-order valence-corrected chi connectivity index (χ4v) is 3.04. The van der Waals surface area contributed by atoms with Gasteiger partial charge in [0.15, 0.2) is 5.96 Å². The number of hydrogen-bond acceptors (Lipinski definition) is 3. The number of benzene rings is 2. The molecule has 0 aromatic heterocycles. The van der Waals surface area contributed by atoms with Crippen molar-refractivity contribution in [1.29, 1.82) is 0 Å². The van der Waals surface area contributed by atoms with Crippen LogP contribution in [-0.2, 0) is 6.42 Å². The Kier molecular flexibility index (Phi) is 5.94. The summed E-state index contributed by atoms with van der Waals surface area (Å²) in [5.74, 6) is 1.24. The number of hydrogen-bond donors (Lipinski definition) is 1. The number of anilines is 1. The number of halogens is 1. The van der Waals surface area contributed by atoms with Crippen LogP contribution in [0.1, 0.15) is 5.56 Å². The molecular formula is C20H25FN4O. The average Bonchev–Trinajstić information content (AvgIpc) is 2.69. The molecule has 0 atom stereocenters. The summed E-state index contributed by atoms with van der Waals surface area (Å²) in [4.78, 5) is 8.86. The SMILES string of the molecule is COc1ccc(CCN=C(N)N2CCN(c3ccc(F)cc3)CC2)cc1. The highest BCUT2D eigenvalue weighted by molar-refractivity contribution is 5.78. The van der Waals surface area contributed by atoms with Crippen molar-refractivity contribution in [2.45, 2.75) is 6.42 Å². The van der Waals surface area contributed by atoms with E-state index >= 15 is 0 Å². The molecule has 0 aliphatic carbocycles. The molecule has 0 radical (unpaired) electrons. The summed E-state index contributed by atoms with van der Waals surface area (Å²) in [6.45, 7) is 3.99. The minimum atomic E-state index is -0.208. The van der Waals surface area contributed by atoms with Gasteiger partial charge < -0.3 is 20.3 Å². The third-order valence-electron chi connectivity index (χ3n) is 4.63. The lowest BCUT2D eigenvalue weighted by Crippen LogP contribution is -2.51. The molecule has 5 nitrogen and oxygen atoms in total. The fourth-order valence-electron chi connectivity index (χ4n) is 3.04. The first-order chi connectivity index (χ1) is 12.7. The van der Waals surface area contributed by atoms with Crippen molar-refractivity contribution < 1.29 is 9.13 Å². The van der Waals surface area contributed by atoms with Crippen LogP contribution in [0, 0.1) is 5.82 Å². The summed E-state index contributed by atoms with van der Waals surface area (Å²) in [7, 11) is 1.66. The lowest BCUT2D eigenvalue weighted by molar-refractivity contribution is 0.381. The van der Waals surface area contributed by atoms with E-state index in [1.165, 1.54) is 17.7 Å². The van der Waals surface area contributed by atoms with E-state index in [-0.39, 0.29) is 5.82 Å². The largest absolute Gasteiger partial charge is 0.497 e. The summed E-state index contributed by atoms with van der Waals surface area (Å²) < 4.78 is 18.2. The fraction of sp³-hybridized carbons (Fsp3) is 0.350. The molecule has 2 aromatic carbocycles. The maximum atomic E-state index is 13.0. The number of guanidine groups is 1. The standard InChI is InChI=1S/C20H25FN4O/c1-26-19-8-2-16(3-9-19)10-11-23-20(22)25-14-12-24(13-15-25)18-6-4-17(21)5-7-18/h2-9H,10-15H2,1H3,(H2,22,23). The molecular weight excluding hydrogens is 331 g/mol. The average molecular weight is 356 g/mol. The second-order valence-electron chi connectivity index (χ2n) is 6.29. The highest BCUT2D eigenvalue weighted by Crippen LogP contribution is 2.17. The number of piperazine rings is 1. The van der Waals surface area contributed by atoms with Gasteiger partial charge in [-0.3, -0.25) is 4.99 Å². The van der Waals surface area contributed by atoms with E-state index < -0.39 is 0 Å². The van der Waals surface area contributed by atoms with Crippen molar-refractivity contribution in [2.75, 3.05) is 44.7 Å². The van der Waals surface area contributed by atoms with Crippen LogP contribution in [0.2, 0.25) is 0 Å². The molecule has 1 heterocycles. The van der Waals surface area contributed by atoms with Gasteiger partial charge in [-0.05, 0) is 48.4 Å². The van der Waals surface area contributed by atoms with Crippen molar-refractivity contribution >= 4 is 11.6 Å². The molecule has 1 aliphatic rings. The smallest absolute Gasteiger partial charge is 0.191 e. The molecule has 2 aromatic rings. The summed E-state index contributed by atoms with van der Waals surface area (Å²) >= 11 is 0. The van der Waals surface area contributed by atoms with Crippen molar-refractivity contribution in [2.24, 2.45) is 10.7 Å². The Morgan fingerprint density at radius 2 is 1.69 bits per heavy atom. The summed E-state index contributed by atoms with van der Waals surface area (Å²) in [6, 6.07) is 14.6. The molecule has 6 heteroatoms. The first-order valence-corrected chi connectivity index (χ1v) is 8.84. The molecule has 1 saturated heterocycles. The zero-order valence-corrected chi connectivity index (χ0v) is 15.1. The maximum absolute atomic E-state index is 13.0. The second kappa shape index (κ2) is 8.56. The third kappa shape index (κ3) is 4.65. The van der Waals surface area contributed by atoms with E-state index in [4.69, 9.17) is 10.5 Å². The Bertz CT molecular complexity index is 722. The Morgan fingerprint density at radius 3 is 2.31 bits per heavy atom. The quantitative estimate of drug-likeness (QED) is 0.661. The number of rotatable bonds is 5. The Hall–Kier alpha value is -2.76. The van der Waals surface area contributed by atoms with Gasteiger partial charge in [0.25, 0.3) is 0 Å². The number of nitrogens with zero attached hydrogens (tertiary/aromatic N) is 3. The van der Waals surface area contributed by atoms with Crippen LogP contribution in [-0.4, -0.2) is 50.7 Å². The monoisotopic (exact) mass is 356 g/mol. The Morgan fingerprint density at radius 1 is 1.04 bits per heavy atom. The number of methoxy groups -OCH3 is 1. The second-order valence-corrected chi connectivity index (χ2v) is 6.29. The zero-order chi connectivity index (χ0) is 18.4. The Labute approximate surface area is 153 Å². The predicted octanol–water partition coefficient (Wildman–Crippen LogP) is 2.51. The molecule has 26 heavy (non-hydrogen) atoms. The van der Waals surface area contributed by atoms with Gasteiger partial charge in [0.2, 0.25) is 0 Å². The van der Waals surface area contributed by atoms with Crippen LogP contribution in [0.3, 0.4) is 0 Å². The summed E-state index contributed by atoms with van der Waals surface area (Å²) in [5.41, 5.74) is 8.40. The van der Waals surface area contributed by atoms with Crippen LogP contribution in [0.4, 0.5) is 10.1 Å². The molecule has 0 spiro atoms. The van der Waals surface area contributed by atoms with E-state index in [9.17, 15) is 4.39 Å². The van der Waals surface area contributed by atoms with Crippen LogP contribution < -0.4 is 15.4 Å². The molecule has 0 unspecified atom stereocenters. The number of aliphatic imine (C=N–C) groups is 1. The van der Waals surface area contributed by atoms with Crippen LogP contribution in [0.15, 0.2) is 53.5 Å². The zero-order valence-electron chi connectivity index (χ0n) is 15.1. The van der Waals surface area contributed by atoms with Gasteiger partial charge in [0.05, 0.1) is 7.11 Å². The van der Waals surface area contributed by atoms with Gasteiger partial charge in [-0.2, -0.15) is 0 Å². The van der Waals surface area contributed by atoms with Gasteiger partial charge in [-0.15, -0.1) is 0 Å². The number of ether oxygens (including phenoxy) is 1. The van der Waals surface area contributed by atoms with Crippen LogP contribution in [0.25, 0.3) is 0 Å². The van der Waals surface area contributed by atoms with Crippen molar-refractivity contribution in [1.82, 2.24) is 4.90 Å². The molecule has 138 valence electrons. The molecule has 0 bridgehead atoms. The first kappa shape index (κ1) is 18.0. The van der Waals surface area contributed by atoms with E-state index in [0.717, 1.165) is 44.0 Å². The van der Waals surface area contributed by atoms with Gasteiger partial charge in [-0.25, -0.2) is 4.39 Å². The molecule has 0 amide bonds. The van der Waals surface area contributed by atoms with Gasteiger partial charge >= 0.3 is 0 Å². The first-order valence-electron chi connectivity index (χ1n) is 8.84. The van der Waals surface area contributed by atoms with Crippen molar-refractivity contribution in [3.63, 3.8) is 0 Å². The van der Waals surface area contributed by atoms with Crippen LogP contribution >= 0.6 is 0 Å². The van der Waals surface area contributed by atoms with Gasteiger partial charge in [0.1, 0.15) is 11.6 Å². The van der Waals surface area contributed by atoms with E-state index in [0.29, 0.717) is 12.5 Å². The summed E-state index contributed by atoms with van der Waals surface area (Å²) in [6.07, 6.45) is 0.847. The van der Waals surface area contributed by atoms with E-state index in [1.54, 1.807) is 7.11 Å². The molecule has 2 N–H and O–H groups in total.